The van der Waals surface area contributed by atoms with Crippen molar-refractivity contribution < 1.29 is 4.74 Å². The van der Waals surface area contributed by atoms with E-state index in [2.05, 4.69) is 55.0 Å². The molecule has 166 valence electrons. The lowest BCUT2D eigenvalue weighted by atomic mass is 10.2. The van der Waals surface area contributed by atoms with Crippen LogP contribution in [0.3, 0.4) is 0 Å². The summed E-state index contributed by atoms with van der Waals surface area (Å²) in [6.07, 6.45) is 0. The van der Waals surface area contributed by atoms with E-state index in [1.165, 1.54) is 0 Å². The molecule has 1 N–H and O–H groups in total. The Kier molecular flexibility index (Phi) is 9.55. The second-order valence-corrected chi connectivity index (χ2v) is 8.74. The molecular formula is C23H23BrClN5OS. The van der Waals surface area contributed by atoms with Crippen molar-refractivity contribution in [3.05, 3.63) is 94.5 Å². The predicted molar refractivity (Wildman–Crippen MR) is 134 cm³/mol. The Morgan fingerprint density at radius 1 is 0.969 bits per heavy atom. The molecule has 0 aliphatic carbocycles. The summed E-state index contributed by atoms with van der Waals surface area (Å²) in [6.45, 7) is 2.08. The van der Waals surface area contributed by atoms with E-state index in [4.69, 9.17) is 4.74 Å². The number of halogens is 2. The number of hydrogen-bond acceptors (Lipinski definition) is 6. The minimum atomic E-state index is 0. The van der Waals surface area contributed by atoms with Gasteiger partial charge in [0.15, 0.2) is 0 Å². The SMILES string of the molecule is Brc1ccc(OCc2ccccc2)c(CNCCSc2nnnn2-c2ccccc2)c1.Cl. The molecule has 3 aromatic carbocycles. The van der Waals surface area contributed by atoms with Crippen molar-refractivity contribution in [3.8, 4) is 11.4 Å². The number of hydrogen-bond donors (Lipinski definition) is 1. The number of aromatic nitrogens is 4. The third kappa shape index (κ3) is 6.80. The lowest BCUT2D eigenvalue weighted by Gasteiger charge is -2.13. The second kappa shape index (κ2) is 12.6. The number of thioether (sulfide) groups is 1. The number of rotatable bonds is 10. The van der Waals surface area contributed by atoms with Gasteiger partial charge < -0.3 is 10.1 Å². The molecule has 6 nitrogen and oxygen atoms in total. The summed E-state index contributed by atoms with van der Waals surface area (Å²) in [5.74, 6) is 1.74. The maximum Gasteiger partial charge on any atom is 0.214 e. The first-order valence-corrected chi connectivity index (χ1v) is 11.7. The molecule has 0 bridgehead atoms. The molecule has 4 rings (SSSR count). The summed E-state index contributed by atoms with van der Waals surface area (Å²) in [6, 6.07) is 26.2. The fraction of sp³-hybridized carbons (Fsp3) is 0.174. The molecule has 0 aliphatic rings. The van der Waals surface area contributed by atoms with Crippen LogP contribution in [-0.2, 0) is 13.2 Å². The average Bonchev–Trinajstić information content (AvgIpc) is 3.28. The van der Waals surface area contributed by atoms with Gasteiger partial charge in [-0.05, 0) is 46.3 Å². The molecular weight excluding hydrogens is 510 g/mol. The maximum atomic E-state index is 6.06. The molecule has 9 heteroatoms. The third-order valence-corrected chi connectivity index (χ3v) is 5.94. The smallest absolute Gasteiger partial charge is 0.214 e. The quantitative estimate of drug-likeness (QED) is 0.221. The largest absolute Gasteiger partial charge is 0.489 e. The number of nitrogens with zero attached hydrogens (tertiary/aromatic N) is 4. The zero-order chi connectivity index (χ0) is 21.3. The maximum absolute atomic E-state index is 6.06. The van der Waals surface area contributed by atoms with Crippen molar-refractivity contribution >= 4 is 40.1 Å². The van der Waals surface area contributed by atoms with Crippen LogP contribution in [0.15, 0.2) is 88.5 Å². The van der Waals surface area contributed by atoms with Crippen LogP contribution in [0.4, 0.5) is 0 Å². The fourth-order valence-electron chi connectivity index (χ4n) is 3.00. The van der Waals surface area contributed by atoms with Crippen molar-refractivity contribution in [2.45, 2.75) is 18.3 Å². The highest BCUT2D eigenvalue weighted by Crippen LogP contribution is 2.24. The lowest BCUT2D eigenvalue weighted by molar-refractivity contribution is 0.302. The van der Waals surface area contributed by atoms with Gasteiger partial charge in [-0.1, -0.05) is 76.2 Å². The monoisotopic (exact) mass is 531 g/mol. The van der Waals surface area contributed by atoms with Gasteiger partial charge in [0.05, 0.1) is 5.69 Å². The summed E-state index contributed by atoms with van der Waals surface area (Å²) < 4.78 is 8.86. The van der Waals surface area contributed by atoms with Crippen molar-refractivity contribution in [3.63, 3.8) is 0 Å². The summed E-state index contributed by atoms with van der Waals surface area (Å²) in [5.41, 5.74) is 3.22. The van der Waals surface area contributed by atoms with Crippen LogP contribution in [0.5, 0.6) is 5.75 Å². The highest BCUT2D eigenvalue weighted by atomic mass is 79.9. The van der Waals surface area contributed by atoms with Crippen LogP contribution in [0, 0.1) is 0 Å². The molecule has 0 unspecified atom stereocenters. The van der Waals surface area contributed by atoms with Crippen LogP contribution in [0.25, 0.3) is 5.69 Å². The summed E-state index contributed by atoms with van der Waals surface area (Å²) >= 11 is 5.18. The second-order valence-electron chi connectivity index (χ2n) is 6.76. The predicted octanol–water partition coefficient (Wildman–Crippen LogP) is 5.31. The third-order valence-electron chi connectivity index (χ3n) is 4.53. The van der Waals surface area contributed by atoms with Crippen molar-refractivity contribution in [1.82, 2.24) is 25.5 Å². The zero-order valence-corrected chi connectivity index (χ0v) is 20.4. The van der Waals surface area contributed by atoms with Crippen LogP contribution in [-0.4, -0.2) is 32.5 Å². The Balaban J connectivity index is 0.00000289. The van der Waals surface area contributed by atoms with E-state index in [0.29, 0.717) is 13.2 Å². The van der Waals surface area contributed by atoms with Crippen LogP contribution in [0.2, 0.25) is 0 Å². The van der Waals surface area contributed by atoms with Gasteiger partial charge in [-0.15, -0.1) is 17.5 Å². The Morgan fingerprint density at radius 3 is 2.50 bits per heavy atom. The summed E-state index contributed by atoms with van der Waals surface area (Å²) in [4.78, 5) is 0. The Bertz CT molecular complexity index is 1100. The van der Waals surface area contributed by atoms with Crippen molar-refractivity contribution in [2.24, 2.45) is 0 Å². The minimum Gasteiger partial charge on any atom is -0.489 e. The molecule has 0 spiro atoms. The van der Waals surface area contributed by atoms with Gasteiger partial charge in [0, 0.05) is 28.9 Å². The summed E-state index contributed by atoms with van der Waals surface area (Å²) in [5, 5.41) is 16.3. The van der Waals surface area contributed by atoms with E-state index in [9.17, 15) is 0 Å². The van der Waals surface area contributed by atoms with E-state index in [1.807, 2.05) is 60.7 Å². The number of para-hydroxylation sites is 1. The standard InChI is InChI=1S/C23H22BrN5OS.ClH/c24-20-11-12-22(30-17-18-7-3-1-4-8-18)19(15-20)16-25-13-14-31-23-26-27-28-29(23)21-9-5-2-6-10-21;/h1-12,15,25H,13-14,16-17H2;1H. The molecule has 0 radical (unpaired) electrons. The van der Waals surface area contributed by atoms with Gasteiger partial charge in [0.1, 0.15) is 12.4 Å². The van der Waals surface area contributed by atoms with Gasteiger partial charge in [-0.25, -0.2) is 0 Å². The average molecular weight is 533 g/mol. The molecule has 4 aromatic rings. The normalized spacial score (nSPS) is 10.5. The molecule has 0 fully saturated rings. The van der Waals surface area contributed by atoms with Gasteiger partial charge in [0.2, 0.25) is 5.16 Å². The van der Waals surface area contributed by atoms with Gasteiger partial charge in [-0.2, -0.15) is 4.68 Å². The molecule has 0 amide bonds. The van der Waals surface area contributed by atoms with Gasteiger partial charge in [-0.3, -0.25) is 0 Å². The molecule has 32 heavy (non-hydrogen) atoms. The Morgan fingerprint density at radius 2 is 1.72 bits per heavy atom. The number of ether oxygens (including phenoxy) is 1. The van der Waals surface area contributed by atoms with E-state index >= 15 is 0 Å². The molecule has 1 heterocycles. The molecule has 0 atom stereocenters. The van der Waals surface area contributed by atoms with Crippen LogP contribution in [0.1, 0.15) is 11.1 Å². The van der Waals surface area contributed by atoms with Crippen molar-refractivity contribution in [1.29, 1.82) is 0 Å². The lowest BCUT2D eigenvalue weighted by Crippen LogP contribution is -2.17. The number of benzene rings is 3. The van der Waals surface area contributed by atoms with Gasteiger partial charge in [0.25, 0.3) is 0 Å². The van der Waals surface area contributed by atoms with Gasteiger partial charge >= 0.3 is 0 Å². The number of nitrogens with one attached hydrogen (secondary N) is 1. The first kappa shape index (κ1) is 24.3. The van der Waals surface area contributed by atoms with E-state index in [-0.39, 0.29) is 12.4 Å². The fourth-order valence-corrected chi connectivity index (χ4v) is 4.20. The molecule has 0 saturated heterocycles. The highest BCUT2D eigenvalue weighted by Gasteiger charge is 2.09. The minimum absolute atomic E-state index is 0. The van der Waals surface area contributed by atoms with E-state index in [1.54, 1.807) is 16.4 Å². The van der Waals surface area contributed by atoms with Crippen LogP contribution >= 0.6 is 40.1 Å². The Hall–Kier alpha value is -2.39. The summed E-state index contributed by atoms with van der Waals surface area (Å²) in [7, 11) is 0. The topological polar surface area (TPSA) is 64.9 Å². The molecule has 0 saturated carbocycles. The zero-order valence-electron chi connectivity index (χ0n) is 17.2. The number of tetrazole rings is 1. The highest BCUT2D eigenvalue weighted by molar-refractivity contribution is 9.10. The molecule has 0 aliphatic heterocycles. The molecule has 1 aromatic heterocycles. The van der Waals surface area contributed by atoms with Crippen molar-refractivity contribution in [2.75, 3.05) is 12.3 Å². The van der Waals surface area contributed by atoms with Crippen LogP contribution < -0.4 is 10.1 Å². The first-order chi connectivity index (χ1) is 15.3. The Labute approximate surface area is 206 Å². The van der Waals surface area contributed by atoms with E-state index in [0.717, 1.165) is 44.5 Å². The van der Waals surface area contributed by atoms with E-state index < -0.39 is 0 Å². The first-order valence-electron chi connectivity index (χ1n) is 9.92.